The highest BCUT2D eigenvalue weighted by atomic mass is 15.3. The third-order valence-electron chi connectivity index (χ3n) is 5.56. The summed E-state index contributed by atoms with van der Waals surface area (Å²) < 4.78 is 0. The smallest absolute Gasteiger partial charge is 0.0358 e. The molecular formula is C17H35N3. The number of likely N-dealkylation sites (tertiary alicyclic amines) is 2. The van der Waals surface area contributed by atoms with Gasteiger partial charge in [0.2, 0.25) is 0 Å². The molecule has 1 atom stereocenters. The van der Waals surface area contributed by atoms with Crippen molar-refractivity contribution in [1.82, 2.24) is 9.80 Å². The lowest BCUT2D eigenvalue weighted by Gasteiger charge is -2.53. The molecule has 2 fully saturated rings. The lowest BCUT2D eigenvalue weighted by atomic mass is 9.81. The lowest BCUT2D eigenvalue weighted by molar-refractivity contribution is -0.0231. The molecule has 2 N–H and O–H groups in total. The molecule has 0 radical (unpaired) electrons. The first-order chi connectivity index (χ1) is 9.75. The van der Waals surface area contributed by atoms with Crippen LogP contribution in [0.15, 0.2) is 0 Å². The van der Waals surface area contributed by atoms with Crippen LogP contribution >= 0.6 is 0 Å². The summed E-state index contributed by atoms with van der Waals surface area (Å²) >= 11 is 0. The zero-order valence-electron chi connectivity index (χ0n) is 13.7. The maximum absolute atomic E-state index is 6.29. The SMILES string of the molecule is CCCC1CCCCN1C1(CN)CCN(CCC)CC1. The second-order valence-electron chi connectivity index (χ2n) is 6.90. The minimum atomic E-state index is 0.310. The molecule has 0 bridgehead atoms. The van der Waals surface area contributed by atoms with E-state index in [0.717, 1.165) is 12.6 Å². The minimum Gasteiger partial charge on any atom is -0.329 e. The summed E-state index contributed by atoms with van der Waals surface area (Å²) in [5, 5.41) is 0. The predicted octanol–water partition coefficient (Wildman–Crippen LogP) is 2.84. The zero-order chi connectivity index (χ0) is 14.4. The van der Waals surface area contributed by atoms with Gasteiger partial charge in [0.1, 0.15) is 0 Å². The van der Waals surface area contributed by atoms with Crippen LogP contribution in [0.2, 0.25) is 0 Å². The maximum Gasteiger partial charge on any atom is 0.0358 e. The van der Waals surface area contributed by atoms with Crippen molar-refractivity contribution in [3.63, 3.8) is 0 Å². The highest BCUT2D eigenvalue weighted by Crippen LogP contribution is 2.35. The first kappa shape index (κ1) is 16.3. The zero-order valence-corrected chi connectivity index (χ0v) is 13.7. The Kier molecular flexibility index (Phi) is 6.31. The van der Waals surface area contributed by atoms with E-state index in [1.54, 1.807) is 0 Å². The van der Waals surface area contributed by atoms with Gasteiger partial charge < -0.3 is 10.6 Å². The Morgan fingerprint density at radius 2 is 1.80 bits per heavy atom. The summed E-state index contributed by atoms with van der Waals surface area (Å²) in [5.74, 6) is 0. The molecule has 0 spiro atoms. The number of hydrogen-bond donors (Lipinski definition) is 1. The third kappa shape index (κ3) is 3.55. The molecule has 3 nitrogen and oxygen atoms in total. The van der Waals surface area contributed by atoms with Gasteiger partial charge in [-0.25, -0.2) is 0 Å². The van der Waals surface area contributed by atoms with Crippen molar-refractivity contribution in [3.8, 4) is 0 Å². The van der Waals surface area contributed by atoms with Gasteiger partial charge in [-0.1, -0.05) is 26.7 Å². The monoisotopic (exact) mass is 281 g/mol. The van der Waals surface area contributed by atoms with Crippen molar-refractivity contribution in [1.29, 1.82) is 0 Å². The highest BCUT2D eigenvalue weighted by Gasteiger charge is 2.42. The Hall–Kier alpha value is -0.120. The Bertz CT molecular complexity index is 269. The molecule has 20 heavy (non-hydrogen) atoms. The van der Waals surface area contributed by atoms with E-state index in [4.69, 9.17) is 5.73 Å². The Balaban J connectivity index is 2.02. The van der Waals surface area contributed by atoms with Crippen molar-refractivity contribution in [2.75, 3.05) is 32.7 Å². The van der Waals surface area contributed by atoms with Gasteiger partial charge in [-0.05, 0) is 64.7 Å². The molecule has 0 aromatic heterocycles. The molecule has 0 aliphatic carbocycles. The fourth-order valence-electron chi connectivity index (χ4n) is 4.38. The first-order valence-corrected chi connectivity index (χ1v) is 8.95. The van der Waals surface area contributed by atoms with Gasteiger partial charge in [0.25, 0.3) is 0 Å². The summed E-state index contributed by atoms with van der Waals surface area (Å²) in [5.41, 5.74) is 6.60. The molecule has 2 rings (SSSR count). The normalized spacial score (nSPS) is 28.6. The highest BCUT2D eigenvalue weighted by molar-refractivity contribution is 4.99. The molecule has 2 saturated heterocycles. The summed E-state index contributed by atoms with van der Waals surface area (Å²) in [6.07, 6.45) is 10.7. The summed E-state index contributed by atoms with van der Waals surface area (Å²) in [4.78, 5) is 5.47. The topological polar surface area (TPSA) is 32.5 Å². The van der Waals surface area contributed by atoms with E-state index >= 15 is 0 Å². The molecule has 118 valence electrons. The minimum absolute atomic E-state index is 0.310. The van der Waals surface area contributed by atoms with Crippen LogP contribution < -0.4 is 5.73 Å². The molecular weight excluding hydrogens is 246 g/mol. The largest absolute Gasteiger partial charge is 0.329 e. The average molecular weight is 281 g/mol. The van der Waals surface area contributed by atoms with Gasteiger partial charge >= 0.3 is 0 Å². The lowest BCUT2D eigenvalue weighted by Crippen LogP contribution is -2.63. The van der Waals surface area contributed by atoms with Crippen molar-refractivity contribution < 1.29 is 0 Å². The number of piperidine rings is 2. The molecule has 2 aliphatic rings. The standard InChI is InChI=1S/C17H35N3/c1-3-7-16-8-5-6-12-20(16)17(15-18)9-13-19(11-4-2)14-10-17/h16H,3-15,18H2,1-2H3. The van der Waals surface area contributed by atoms with E-state index in [2.05, 4.69) is 23.6 Å². The van der Waals surface area contributed by atoms with Crippen molar-refractivity contribution in [2.45, 2.75) is 76.8 Å². The van der Waals surface area contributed by atoms with Crippen LogP contribution in [0.1, 0.15) is 65.2 Å². The van der Waals surface area contributed by atoms with E-state index in [1.165, 1.54) is 77.5 Å². The van der Waals surface area contributed by atoms with Crippen molar-refractivity contribution in [2.24, 2.45) is 5.73 Å². The van der Waals surface area contributed by atoms with Crippen molar-refractivity contribution >= 4 is 0 Å². The van der Waals surface area contributed by atoms with Gasteiger partial charge in [0.05, 0.1) is 0 Å². The molecule has 1 unspecified atom stereocenters. The molecule has 0 amide bonds. The van der Waals surface area contributed by atoms with E-state index < -0.39 is 0 Å². The Morgan fingerprint density at radius 1 is 1.05 bits per heavy atom. The van der Waals surface area contributed by atoms with Crippen molar-refractivity contribution in [3.05, 3.63) is 0 Å². The van der Waals surface area contributed by atoms with Gasteiger partial charge in [0.15, 0.2) is 0 Å². The summed E-state index contributed by atoms with van der Waals surface area (Å²) in [6.45, 7) is 10.5. The van der Waals surface area contributed by atoms with Gasteiger partial charge in [0, 0.05) is 18.1 Å². The molecule has 0 aromatic carbocycles. The van der Waals surface area contributed by atoms with Crippen LogP contribution in [0.5, 0.6) is 0 Å². The average Bonchev–Trinajstić information content (AvgIpc) is 2.50. The first-order valence-electron chi connectivity index (χ1n) is 8.95. The number of hydrogen-bond acceptors (Lipinski definition) is 3. The fourth-order valence-corrected chi connectivity index (χ4v) is 4.38. The van der Waals surface area contributed by atoms with Crippen LogP contribution in [0.4, 0.5) is 0 Å². The Morgan fingerprint density at radius 3 is 2.40 bits per heavy atom. The Labute approximate surface area is 125 Å². The molecule has 0 aromatic rings. The summed E-state index contributed by atoms with van der Waals surface area (Å²) in [7, 11) is 0. The molecule has 2 heterocycles. The van der Waals surface area contributed by atoms with E-state index in [1.807, 2.05) is 0 Å². The van der Waals surface area contributed by atoms with Crippen LogP contribution in [0, 0.1) is 0 Å². The van der Waals surface area contributed by atoms with E-state index in [0.29, 0.717) is 5.54 Å². The molecule has 0 saturated carbocycles. The molecule has 2 aliphatic heterocycles. The van der Waals surface area contributed by atoms with E-state index in [-0.39, 0.29) is 0 Å². The predicted molar refractivity (Wildman–Crippen MR) is 87.0 cm³/mol. The summed E-state index contributed by atoms with van der Waals surface area (Å²) in [6, 6.07) is 0.801. The van der Waals surface area contributed by atoms with Crippen LogP contribution in [0.25, 0.3) is 0 Å². The number of rotatable bonds is 6. The van der Waals surface area contributed by atoms with Gasteiger partial charge in [-0.3, -0.25) is 4.90 Å². The number of nitrogens with two attached hydrogens (primary N) is 1. The van der Waals surface area contributed by atoms with Crippen LogP contribution in [-0.2, 0) is 0 Å². The van der Waals surface area contributed by atoms with Gasteiger partial charge in [-0.2, -0.15) is 0 Å². The van der Waals surface area contributed by atoms with E-state index in [9.17, 15) is 0 Å². The second-order valence-corrected chi connectivity index (χ2v) is 6.90. The van der Waals surface area contributed by atoms with Gasteiger partial charge in [-0.15, -0.1) is 0 Å². The fraction of sp³-hybridized carbons (Fsp3) is 1.00. The van der Waals surface area contributed by atoms with Crippen LogP contribution in [-0.4, -0.2) is 54.1 Å². The maximum atomic E-state index is 6.29. The third-order valence-corrected chi connectivity index (χ3v) is 5.56. The number of nitrogens with zero attached hydrogens (tertiary/aromatic N) is 2. The quantitative estimate of drug-likeness (QED) is 0.812. The molecule has 3 heteroatoms. The second kappa shape index (κ2) is 7.77. The van der Waals surface area contributed by atoms with Crippen LogP contribution in [0.3, 0.4) is 0 Å².